The molecule has 0 unspecified atom stereocenters. The van der Waals surface area contributed by atoms with E-state index < -0.39 is 0 Å². The topological polar surface area (TPSA) is 29.4 Å². The minimum atomic E-state index is 0.417. The quantitative estimate of drug-likeness (QED) is 0.428. The summed E-state index contributed by atoms with van der Waals surface area (Å²) in [6.45, 7) is 4.12. The maximum Gasteiger partial charge on any atom is 0.240 e. The van der Waals surface area contributed by atoms with Gasteiger partial charge in [-0.05, 0) is 25.0 Å². The lowest BCUT2D eigenvalue weighted by molar-refractivity contribution is 0.565. The maximum absolute atomic E-state index is 9.99. The Hall–Kier alpha value is -1.40. The van der Waals surface area contributed by atoms with Crippen LogP contribution in [0.25, 0.3) is 0 Å². The molecule has 1 rings (SSSR count). The van der Waals surface area contributed by atoms with Gasteiger partial charge < -0.3 is 0 Å². The molecular formula is C10H11NO. The van der Waals surface area contributed by atoms with Crippen molar-refractivity contribution in [2.45, 2.75) is 13.8 Å². The minimum Gasteiger partial charge on any atom is -0.211 e. The van der Waals surface area contributed by atoms with E-state index in [4.69, 9.17) is 0 Å². The number of hydrogen-bond donors (Lipinski definition) is 0. The van der Waals surface area contributed by atoms with Gasteiger partial charge in [-0.2, -0.15) is 4.99 Å². The van der Waals surface area contributed by atoms with Crippen molar-refractivity contribution in [1.29, 1.82) is 0 Å². The number of carbonyl (C=O) groups excluding carboxylic acids is 1. The highest BCUT2D eigenvalue weighted by Gasteiger charge is 2.02. The Balaban J connectivity index is 2.98. The lowest BCUT2D eigenvalue weighted by Gasteiger charge is -2.03. The summed E-state index contributed by atoms with van der Waals surface area (Å²) in [5.74, 6) is 0.417. The first-order chi connectivity index (χ1) is 5.74. The molecule has 0 aromatic heterocycles. The van der Waals surface area contributed by atoms with Gasteiger partial charge >= 0.3 is 0 Å². The third kappa shape index (κ3) is 2.04. The molecule has 1 aliphatic rings. The second-order valence-electron chi connectivity index (χ2n) is 2.86. The normalized spacial score (nSPS) is 22.0. The van der Waals surface area contributed by atoms with Crippen LogP contribution in [0.4, 0.5) is 0 Å². The molecule has 0 aromatic rings. The van der Waals surface area contributed by atoms with E-state index in [-0.39, 0.29) is 0 Å². The summed E-state index contributed by atoms with van der Waals surface area (Å²) in [4.78, 5) is 13.5. The average Bonchev–Trinajstić information content (AvgIpc) is 2.16. The van der Waals surface area contributed by atoms with Crippen LogP contribution in [0, 0.1) is 5.92 Å². The maximum atomic E-state index is 9.99. The third-order valence-corrected chi connectivity index (χ3v) is 1.94. The van der Waals surface area contributed by atoms with Gasteiger partial charge in [-0.25, -0.2) is 4.79 Å². The van der Waals surface area contributed by atoms with Crippen molar-refractivity contribution in [3.63, 3.8) is 0 Å². The highest BCUT2D eigenvalue weighted by atomic mass is 16.1. The molecule has 12 heavy (non-hydrogen) atoms. The summed E-state index contributed by atoms with van der Waals surface area (Å²) < 4.78 is 0. The molecule has 0 aliphatic heterocycles. The number of rotatable bonds is 1. The molecule has 1 atom stereocenters. The first-order valence-electron chi connectivity index (χ1n) is 3.88. The Morgan fingerprint density at radius 3 is 3.00 bits per heavy atom. The highest BCUT2D eigenvalue weighted by Crippen LogP contribution is 2.17. The molecular weight excluding hydrogens is 150 g/mol. The first-order valence-corrected chi connectivity index (χ1v) is 3.88. The number of isocyanates is 1. The van der Waals surface area contributed by atoms with Crippen molar-refractivity contribution < 1.29 is 4.79 Å². The molecule has 0 saturated heterocycles. The van der Waals surface area contributed by atoms with Crippen LogP contribution in [0.2, 0.25) is 0 Å². The second-order valence-corrected chi connectivity index (χ2v) is 2.86. The predicted octanol–water partition coefficient (Wildman–Crippen LogP) is 2.36. The van der Waals surface area contributed by atoms with Crippen molar-refractivity contribution in [2.75, 3.05) is 0 Å². The van der Waals surface area contributed by atoms with Gasteiger partial charge in [0.15, 0.2) is 0 Å². The Labute approximate surface area is 72.0 Å². The fourth-order valence-electron chi connectivity index (χ4n) is 1.01. The molecule has 0 fully saturated rings. The van der Waals surface area contributed by atoms with Crippen LogP contribution in [-0.4, -0.2) is 6.08 Å². The van der Waals surface area contributed by atoms with Crippen molar-refractivity contribution >= 4 is 6.08 Å². The van der Waals surface area contributed by atoms with E-state index in [1.165, 1.54) is 11.7 Å². The fourth-order valence-corrected chi connectivity index (χ4v) is 1.01. The van der Waals surface area contributed by atoms with Crippen molar-refractivity contribution in [2.24, 2.45) is 10.9 Å². The second kappa shape index (κ2) is 3.84. The van der Waals surface area contributed by atoms with E-state index >= 15 is 0 Å². The van der Waals surface area contributed by atoms with Gasteiger partial charge in [0.2, 0.25) is 6.08 Å². The van der Waals surface area contributed by atoms with Gasteiger partial charge in [-0.3, -0.25) is 0 Å². The third-order valence-electron chi connectivity index (χ3n) is 1.94. The van der Waals surface area contributed by atoms with Gasteiger partial charge in [0.05, 0.1) is 5.70 Å². The first kappa shape index (κ1) is 8.69. The van der Waals surface area contributed by atoms with Gasteiger partial charge in [-0.1, -0.05) is 24.6 Å². The minimum absolute atomic E-state index is 0.417. The number of hydrogen-bond acceptors (Lipinski definition) is 2. The smallest absolute Gasteiger partial charge is 0.211 e. The van der Waals surface area contributed by atoms with E-state index in [1.54, 1.807) is 6.08 Å². The lowest BCUT2D eigenvalue weighted by Crippen LogP contribution is -1.89. The summed E-state index contributed by atoms with van der Waals surface area (Å²) in [5.41, 5.74) is 1.87. The van der Waals surface area contributed by atoms with Crippen LogP contribution in [0.1, 0.15) is 13.8 Å². The molecule has 0 saturated carbocycles. The summed E-state index contributed by atoms with van der Waals surface area (Å²) >= 11 is 0. The lowest BCUT2D eigenvalue weighted by atomic mass is 10.0. The van der Waals surface area contributed by atoms with E-state index in [1.807, 2.05) is 19.1 Å². The highest BCUT2D eigenvalue weighted by molar-refractivity contribution is 5.42. The number of nitrogens with zero attached hydrogens (tertiary/aromatic N) is 1. The van der Waals surface area contributed by atoms with Crippen LogP contribution in [0.3, 0.4) is 0 Å². The SMILES string of the molecule is CC1=CC(N=C=O)=CC=C[C@H]1C. The van der Waals surface area contributed by atoms with Crippen molar-refractivity contribution in [3.8, 4) is 0 Å². The molecule has 0 radical (unpaired) electrons. The average molecular weight is 161 g/mol. The molecule has 0 heterocycles. The van der Waals surface area contributed by atoms with Crippen LogP contribution in [0.15, 0.2) is 40.6 Å². The van der Waals surface area contributed by atoms with Gasteiger partial charge in [0.1, 0.15) is 0 Å². The molecule has 1 aliphatic carbocycles. The zero-order valence-corrected chi connectivity index (χ0v) is 7.24. The van der Waals surface area contributed by atoms with Crippen molar-refractivity contribution in [1.82, 2.24) is 0 Å². The monoisotopic (exact) mass is 161 g/mol. The Morgan fingerprint density at radius 2 is 2.33 bits per heavy atom. The Kier molecular flexibility index (Phi) is 2.78. The van der Waals surface area contributed by atoms with Crippen molar-refractivity contribution in [3.05, 3.63) is 35.6 Å². The molecule has 0 N–H and O–H groups in total. The number of aliphatic imine (C=N–C) groups is 1. The zero-order chi connectivity index (χ0) is 8.97. The molecule has 0 spiro atoms. The summed E-state index contributed by atoms with van der Waals surface area (Å²) in [7, 11) is 0. The predicted molar refractivity (Wildman–Crippen MR) is 48.3 cm³/mol. The van der Waals surface area contributed by atoms with Crippen LogP contribution >= 0.6 is 0 Å². The van der Waals surface area contributed by atoms with E-state index in [0.29, 0.717) is 11.6 Å². The molecule has 2 nitrogen and oxygen atoms in total. The van der Waals surface area contributed by atoms with Gasteiger partial charge in [0.25, 0.3) is 0 Å². The van der Waals surface area contributed by atoms with E-state index in [2.05, 4.69) is 18.0 Å². The fraction of sp³-hybridized carbons (Fsp3) is 0.300. The standard InChI is InChI=1S/C10H11NO/c1-8-4-3-5-10(11-7-12)6-9(8)2/h3-6,8H,1-2H3/t8-/m1/s1. The van der Waals surface area contributed by atoms with E-state index in [9.17, 15) is 4.79 Å². The molecule has 0 aromatic carbocycles. The van der Waals surface area contributed by atoms with Crippen LogP contribution in [-0.2, 0) is 4.79 Å². The Bertz CT molecular complexity index is 304. The van der Waals surface area contributed by atoms with Crippen LogP contribution in [0.5, 0.6) is 0 Å². The Morgan fingerprint density at radius 1 is 1.58 bits per heavy atom. The summed E-state index contributed by atoms with van der Waals surface area (Å²) in [5, 5.41) is 0. The summed E-state index contributed by atoms with van der Waals surface area (Å²) in [6.07, 6.45) is 9.21. The molecule has 0 bridgehead atoms. The van der Waals surface area contributed by atoms with Crippen LogP contribution < -0.4 is 0 Å². The molecule has 0 amide bonds. The zero-order valence-electron chi connectivity index (χ0n) is 7.24. The van der Waals surface area contributed by atoms with Gasteiger partial charge in [-0.15, -0.1) is 0 Å². The number of allylic oxidation sites excluding steroid dienone is 5. The largest absolute Gasteiger partial charge is 0.240 e. The molecule has 62 valence electrons. The van der Waals surface area contributed by atoms with Gasteiger partial charge in [0, 0.05) is 0 Å². The molecule has 2 heteroatoms. The summed E-state index contributed by atoms with van der Waals surface area (Å²) in [6, 6.07) is 0. The van der Waals surface area contributed by atoms with E-state index in [0.717, 1.165) is 0 Å².